The van der Waals surface area contributed by atoms with Gasteiger partial charge in [-0.25, -0.2) is 9.07 Å². The number of likely N-dealkylation sites (tertiary alicyclic amines) is 1. The van der Waals surface area contributed by atoms with Gasteiger partial charge in [0.1, 0.15) is 11.5 Å². The minimum absolute atomic E-state index is 0. The highest BCUT2D eigenvalue weighted by molar-refractivity contribution is 5.94. The minimum atomic E-state index is -0.295. The molecule has 2 heterocycles. The van der Waals surface area contributed by atoms with Gasteiger partial charge in [0.25, 0.3) is 5.91 Å². The Morgan fingerprint density at radius 3 is 2.67 bits per heavy atom. The second-order valence-corrected chi connectivity index (χ2v) is 7.35. The second kappa shape index (κ2) is 7.98. The first-order valence-corrected chi connectivity index (χ1v) is 9.42. The van der Waals surface area contributed by atoms with Gasteiger partial charge in [0, 0.05) is 30.4 Å². The number of aryl methyl sites for hydroxylation is 1. The van der Waals surface area contributed by atoms with Gasteiger partial charge in [0.05, 0.1) is 0 Å². The van der Waals surface area contributed by atoms with Crippen LogP contribution in [0.2, 0.25) is 0 Å². The van der Waals surface area contributed by atoms with Gasteiger partial charge in [-0.05, 0) is 63.8 Å². The molecule has 0 unspecified atom stereocenters. The van der Waals surface area contributed by atoms with Crippen molar-refractivity contribution in [3.8, 4) is 5.69 Å². The fourth-order valence-corrected chi connectivity index (χ4v) is 4.11. The van der Waals surface area contributed by atoms with Crippen molar-refractivity contribution in [3.63, 3.8) is 0 Å². The molecule has 0 atom stereocenters. The molecule has 7 heteroatoms. The van der Waals surface area contributed by atoms with Crippen molar-refractivity contribution in [2.75, 3.05) is 20.1 Å². The molecule has 1 amide bonds. The Bertz CT molecular complexity index is 843. The maximum Gasteiger partial charge on any atom is 0.274 e. The molecule has 2 aromatic rings. The molecule has 1 aliphatic heterocycles. The largest absolute Gasteiger partial charge is 0.337 e. The van der Waals surface area contributed by atoms with Gasteiger partial charge >= 0.3 is 0 Å². The number of carbonyl (C=O) groups excluding carboxylic acids is 1. The molecule has 1 N–H and O–H groups in total. The molecule has 0 radical (unpaired) electrons. The summed E-state index contributed by atoms with van der Waals surface area (Å²) < 4.78 is 16.1. The number of fused-ring (bicyclic) bond motifs is 1. The van der Waals surface area contributed by atoms with Crippen LogP contribution in [-0.4, -0.2) is 46.8 Å². The molecular formula is C20H26ClFN4O. The molecule has 1 fully saturated rings. The SMILES string of the molecule is CNC1CCN(C(=O)c2nn(-c3ccc(C)cc3F)c3c2CCC3)CC1.Cl. The fourth-order valence-electron chi connectivity index (χ4n) is 4.11. The third kappa shape index (κ3) is 3.60. The summed E-state index contributed by atoms with van der Waals surface area (Å²) in [6.07, 6.45) is 4.58. The number of hydrogen-bond donors (Lipinski definition) is 1. The maximum absolute atomic E-state index is 14.5. The van der Waals surface area contributed by atoms with Gasteiger partial charge in [0.15, 0.2) is 5.69 Å². The zero-order valence-electron chi connectivity index (χ0n) is 15.8. The molecule has 1 aromatic carbocycles. The van der Waals surface area contributed by atoms with Crippen molar-refractivity contribution in [2.24, 2.45) is 0 Å². The molecular weight excluding hydrogens is 367 g/mol. The zero-order valence-corrected chi connectivity index (χ0v) is 16.6. The number of halogens is 2. The molecule has 146 valence electrons. The lowest BCUT2D eigenvalue weighted by Crippen LogP contribution is -2.44. The monoisotopic (exact) mass is 392 g/mol. The van der Waals surface area contributed by atoms with E-state index < -0.39 is 0 Å². The quantitative estimate of drug-likeness (QED) is 0.873. The van der Waals surface area contributed by atoms with Crippen LogP contribution in [0.3, 0.4) is 0 Å². The Morgan fingerprint density at radius 2 is 2.00 bits per heavy atom. The van der Waals surface area contributed by atoms with E-state index in [1.165, 1.54) is 6.07 Å². The van der Waals surface area contributed by atoms with Gasteiger partial charge in [-0.1, -0.05) is 6.07 Å². The third-order valence-electron chi connectivity index (χ3n) is 5.65. The van der Waals surface area contributed by atoms with Crippen LogP contribution in [0.1, 0.15) is 46.6 Å². The highest BCUT2D eigenvalue weighted by atomic mass is 35.5. The van der Waals surface area contributed by atoms with E-state index in [1.54, 1.807) is 10.7 Å². The van der Waals surface area contributed by atoms with Crippen LogP contribution < -0.4 is 5.32 Å². The molecule has 1 saturated heterocycles. The van der Waals surface area contributed by atoms with Crippen LogP contribution in [0, 0.1) is 12.7 Å². The van der Waals surface area contributed by atoms with E-state index >= 15 is 0 Å². The van der Waals surface area contributed by atoms with Crippen LogP contribution in [0.5, 0.6) is 0 Å². The van der Waals surface area contributed by atoms with Crippen LogP contribution >= 0.6 is 12.4 Å². The van der Waals surface area contributed by atoms with E-state index in [9.17, 15) is 9.18 Å². The summed E-state index contributed by atoms with van der Waals surface area (Å²) in [5, 5.41) is 7.86. The molecule has 1 aliphatic carbocycles. The number of rotatable bonds is 3. The first-order valence-electron chi connectivity index (χ1n) is 9.42. The summed E-state index contributed by atoms with van der Waals surface area (Å²) >= 11 is 0. The third-order valence-corrected chi connectivity index (χ3v) is 5.65. The number of benzene rings is 1. The summed E-state index contributed by atoms with van der Waals surface area (Å²) in [4.78, 5) is 15.0. The number of nitrogens with one attached hydrogen (secondary N) is 1. The molecule has 5 nitrogen and oxygen atoms in total. The zero-order chi connectivity index (χ0) is 18.3. The topological polar surface area (TPSA) is 50.2 Å². The van der Waals surface area contributed by atoms with E-state index in [2.05, 4.69) is 10.4 Å². The lowest BCUT2D eigenvalue weighted by molar-refractivity contribution is 0.0699. The minimum Gasteiger partial charge on any atom is -0.337 e. The van der Waals surface area contributed by atoms with E-state index in [0.717, 1.165) is 62.0 Å². The summed E-state index contributed by atoms with van der Waals surface area (Å²) in [5.74, 6) is -0.306. The number of aromatic nitrogens is 2. The van der Waals surface area contributed by atoms with Gasteiger partial charge in [0.2, 0.25) is 0 Å². The Balaban J connectivity index is 0.00000210. The van der Waals surface area contributed by atoms with E-state index in [-0.39, 0.29) is 24.1 Å². The van der Waals surface area contributed by atoms with Crippen molar-refractivity contribution < 1.29 is 9.18 Å². The van der Waals surface area contributed by atoms with Gasteiger partial charge < -0.3 is 10.2 Å². The molecule has 27 heavy (non-hydrogen) atoms. The Labute approximate surface area is 165 Å². The number of amides is 1. The number of carbonyl (C=O) groups is 1. The smallest absolute Gasteiger partial charge is 0.274 e. The molecule has 0 saturated carbocycles. The van der Waals surface area contributed by atoms with Crippen LogP contribution in [0.4, 0.5) is 4.39 Å². The maximum atomic E-state index is 14.5. The number of hydrogen-bond acceptors (Lipinski definition) is 3. The van der Waals surface area contributed by atoms with Crippen molar-refractivity contribution in [2.45, 2.75) is 45.1 Å². The summed E-state index contributed by atoms with van der Waals surface area (Å²) in [7, 11) is 1.97. The van der Waals surface area contributed by atoms with E-state index in [1.807, 2.05) is 24.9 Å². The van der Waals surface area contributed by atoms with Crippen molar-refractivity contribution in [1.29, 1.82) is 0 Å². The van der Waals surface area contributed by atoms with Gasteiger partial charge in [-0.3, -0.25) is 4.79 Å². The summed E-state index contributed by atoms with van der Waals surface area (Å²) in [6, 6.07) is 5.63. The predicted molar refractivity (Wildman–Crippen MR) is 106 cm³/mol. The highest BCUT2D eigenvalue weighted by Crippen LogP contribution is 2.30. The van der Waals surface area contributed by atoms with E-state index in [0.29, 0.717) is 17.4 Å². The standard InChI is InChI=1S/C20H25FN4O.ClH/c1-13-6-7-18(16(21)12-13)25-17-5-3-4-15(17)19(23-25)20(26)24-10-8-14(22-2)9-11-24;/h6-7,12,14,22H,3-5,8-11H2,1-2H3;1H. The number of nitrogens with zero attached hydrogens (tertiary/aromatic N) is 3. The average molecular weight is 393 g/mol. The second-order valence-electron chi connectivity index (χ2n) is 7.35. The van der Waals surface area contributed by atoms with Crippen molar-refractivity contribution in [3.05, 3.63) is 46.5 Å². The molecule has 2 aliphatic rings. The van der Waals surface area contributed by atoms with Crippen molar-refractivity contribution in [1.82, 2.24) is 20.0 Å². The van der Waals surface area contributed by atoms with Crippen LogP contribution in [-0.2, 0) is 12.8 Å². The summed E-state index contributed by atoms with van der Waals surface area (Å²) in [5.41, 5.74) is 3.81. The van der Waals surface area contributed by atoms with Gasteiger partial charge in [-0.2, -0.15) is 5.10 Å². The first kappa shape index (κ1) is 19.8. The molecule has 4 rings (SSSR count). The number of piperidine rings is 1. The summed E-state index contributed by atoms with van der Waals surface area (Å²) in [6.45, 7) is 3.35. The Morgan fingerprint density at radius 1 is 1.26 bits per heavy atom. The van der Waals surface area contributed by atoms with Crippen LogP contribution in [0.15, 0.2) is 18.2 Å². The Kier molecular flexibility index (Phi) is 5.86. The Hall–Kier alpha value is -1.92. The van der Waals surface area contributed by atoms with E-state index in [4.69, 9.17) is 0 Å². The van der Waals surface area contributed by atoms with Crippen LogP contribution in [0.25, 0.3) is 5.69 Å². The predicted octanol–water partition coefficient (Wildman–Crippen LogP) is 3.05. The molecule has 0 spiro atoms. The average Bonchev–Trinajstić information content (AvgIpc) is 3.24. The first-order chi connectivity index (χ1) is 12.6. The van der Waals surface area contributed by atoms with Crippen molar-refractivity contribution >= 4 is 18.3 Å². The lowest BCUT2D eigenvalue weighted by atomic mass is 10.0. The molecule has 0 bridgehead atoms. The fraction of sp³-hybridized carbons (Fsp3) is 0.500. The van der Waals surface area contributed by atoms with Gasteiger partial charge in [-0.15, -0.1) is 12.4 Å². The lowest BCUT2D eigenvalue weighted by Gasteiger charge is -2.31. The normalized spacial score (nSPS) is 16.9. The highest BCUT2D eigenvalue weighted by Gasteiger charge is 2.31. The molecule has 1 aromatic heterocycles.